The Labute approximate surface area is 159 Å². The van der Waals surface area contributed by atoms with Crippen LogP contribution in [0.2, 0.25) is 0 Å². The predicted molar refractivity (Wildman–Crippen MR) is 102 cm³/mol. The third-order valence-electron chi connectivity index (χ3n) is 4.91. The number of carbonyl (C=O) groups excluding carboxylic acids is 2. The molecular formula is C21H26N2O4. The molecule has 27 heavy (non-hydrogen) atoms. The Balaban J connectivity index is 1.59. The minimum Gasteiger partial charge on any atom is -0.496 e. The number of esters is 1. The van der Waals surface area contributed by atoms with Crippen molar-refractivity contribution in [2.24, 2.45) is 0 Å². The highest BCUT2D eigenvalue weighted by Gasteiger charge is 2.29. The van der Waals surface area contributed by atoms with Crippen LogP contribution in [0.3, 0.4) is 0 Å². The molecular weight excluding hydrogens is 344 g/mol. The molecule has 0 radical (unpaired) electrons. The number of aryl methyl sites for hydroxylation is 1. The van der Waals surface area contributed by atoms with Crippen LogP contribution < -0.4 is 10.1 Å². The number of para-hydroxylation sites is 1. The van der Waals surface area contributed by atoms with Crippen molar-refractivity contribution in [2.75, 3.05) is 7.11 Å². The van der Waals surface area contributed by atoms with Gasteiger partial charge in [-0.3, -0.25) is 4.79 Å². The number of aromatic nitrogens is 1. The minimum absolute atomic E-state index is 0.306. The molecule has 0 unspecified atom stereocenters. The zero-order valence-corrected chi connectivity index (χ0v) is 16.2. The summed E-state index contributed by atoms with van der Waals surface area (Å²) in [4.78, 5) is 24.9. The molecule has 0 bridgehead atoms. The highest BCUT2D eigenvalue weighted by molar-refractivity contribution is 5.93. The van der Waals surface area contributed by atoms with Gasteiger partial charge in [-0.05, 0) is 45.7 Å². The van der Waals surface area contributed by atoms with Gasteiger partial charge < -0.3 is 19.4 Å². The van der Waals surface area contributed by atoms with E-state index in [0.717, 1.165) is 29.8 Å². The molecule has 1 amide bonds. The molecule has 0 spiro atoms. The smallest absolute Gasteiger partial charge is 0.340 e. The summed E-state index contributed by atoms with van der Waals surface area (Å²) in [7, 11) is 1.59. The van der Waals surface area contributed by atoms with Crippen molar-refractivity contribution < 1.29 is 19.1 Å². The topological polar surface area (TPSA) is 69.6 Å². The van der Waals surface area contributed by atoms with Crippen LogP contribution in [-0.4, -0.2) is 29.7 Å². The summed E-state index contributed by atoms with van der Waals surface area (Å²) in [5, 5.41) is 2.79. The van der Waals surface area contributed by atoms with Gasteiger partial charge in [-0.15, -0.1) is 0 Å². The Hall–Kier alpha value is -2.76. The molecule has 1 aromatic heterocycles. The molecule has 0 saturated heterocycles. The Morgan fingerprint density at radius 3 is 2.63 bits per heavy atom. The van der Waals surface area contributed by atoms with Crippen molar-refractivity contribution in [3.63, 3.8) is 0 Å². The number of benzene rings is 1. The number of ether oxygens (including phenoxy) is 2. The number of methoxy groups -OCH3 is 1. The molecule has 144 valence electrons. The van der Waals surface area contributed by atoms with Gasteiger partial charge in [-0.2, -0.15) is 0 Å². The SMILES string of the molecule is COc1ccccc1CNC(=O)[C@H](C)OC(=O)c1cc(C)n(C2CC2)c1C. The lowest BCUT2D eigenvalue weighted by molar-refractivity contribution is -0.129. The molecule has 3 rings (SSSR count). The van der Waals surface area contributed by atoms with Crippen LogP contribution in [-0.2, 0) is 16.1 Å². The highest BCUT2D eigenvalue weighted by Crippen LogP contribution is 2.38. The number of amides is 1. The van der Waals surface area contributed by atoms with Crippen molar-refractivity contribution in [2.45, 2.75) is 52.3 Å². The third-order valence-corrected chi connectivity index (χ3v) is 4.91. The maximum absolute atomic E-state index is 12.5. The van der Waals surface area contributed by atoms with Crippen LogP contribution in [0.5, 0.6) is 5.75 Å². The first-order chi connectivity index (χ1) is 12.9. The van der Waals surface area contributed by atoms with Crippen molar-refractivity contribution in [3.05, 3.63) is 52.8 Å². The van der Waals surface area contributed by atoms with Crippen molar-refractivity contribution >= 4 is 11.9 Å². The standard InChI is InChI=1S/C21H26N2O4/c1-13-11-18(14(2)23(13)17-9-10-17)21(25)27-15(3)20(24)22-12-16-7-5-6-8-19(16)26-4/h5-8,11,15,17H,9-10,12H2,1-4H3,(H,22,24)/t15-/m0/s1. The summed E-state index contributed by atoms with van der Waals surface area (Å²) in [5.41, 5.74) is 3.35. The van der Waals surface area contributed by atoms with E-state index in [2.05, 4.69) is 9.88 Å². The van der Waals surface area contributed by atoms with E-state index in [0.29, 0.717) is 23.9 Å². The first-order valence-electron chi connectivity index (χ1n) is 9.21. The lowest BCUT2D eigenvalue weighted by Gasteiger charge is -2.15. The largest absolute Gasteiger partial charge is 0.496 e. The Morgan fingerprint density at radius 1 is 1.26 bits per heavy atom. The number of nitrogens with zero attached hydrogens (tertiary/aromatic N) is 1. The fourth-order valence-corrected chi connectivity index (χ4v) is 3.33. The van der Waals surface area contributed by atoms with Crippen LogP contribution in [0.4, 0.5) is 0 Å². The van der Waals surface area contributed by atoms with Gasteiger partial charge >= 0.3 is 5.97 Å². The van der Waals surface area contributed by atoms with E-state index in [1.807, 2.05) is 44.2 Å². The number of nitrogens with one attached hydrogen (secondary N) is 1. The van der Waals surface area contributed by atoms with E-state index in [1.165, 1.54) is 0 Å². The number of hydrogen-bond donors (Lipinski definition) is 1. The molecule has 6 heteroatoms. The third kappa shape index (κ3) is 4.15. The van der Waals surface area contributed by atoms with E-state index >= 15 is 0 Å². The second kappa shape index (κ2) is 7.86. The average Bonchev–Trinajstić information content (AvgIpc) is 3.44. The Kier molecular flexibility index (Phi) is 5.54. The zero-order valence-electron chi connectivity index (χ0n) is 16.2. The van der Waals surface area contributed by atoms with E-state index in [1.54, 1.807) is 14.0 Å². The van der Waals surface area contributed by atoms with Crippen LogP contribution in [0.25, 0.3) is 0 Å². The van der Waals surface area contributed by atoms with E-state index in [-0.39, 0.29) is 5.91 Å². The fourth-order valence-electron chi connectivity index (χ4n) is 3.33. The van der Waals surface area contributed by atoms with Gasteiger partial charge in [0.1, 0.15) is 5.75 Å². The molecule has 1 heterocycles. The number of carbonyl (C=O) groups is 2. The van der Waals surface area contributed by atoms with Gasteiger partial charge in [0.15, 0.2) is 6.10 Å². The lowest BCUT2D eigenvalue weighted by atomic mass is 10.2. The van der Waals surface area contributed by atoms with Crippen LogP contribution in [0, 0.1) is 13.8 Å². The number of rotatable bonds is 7. The molecule has 1 aliphatic carbocycles. The molecule has 1 N–H and O–H groups in total. The minimum atomic E-state index is -0.879. The maximum atomic E-state index is 12.5. The summed E-state index contributed by atoms with van der Waals surface area (Å²) in [5.74, 6) is -0.102. The maximum Gasteiger partial charge on any atom is 0.340 e. The van der Waals surface area contributed by atoms with Gasteiger partial charge in [0, 0.05) is 29.5 Å². The normalized spacial score (nSPS) is 14.5. The molecule has 0 aliphatic heterocycles. The molecule has 1 fully saturated rings. The van der Waals surface area contributed by atoms with E-state index < -0.39 is 12.1 Å². The highest BCUT2D eigenvalue weighted by atomic mass is 16.5. The Morgan fingerprint density at radius 2 is 1.96 bits per heavy atom. The van der Waals surface area contributed by atoms with E-state index in [9.17, 15) is 9.59 Å². The van der Waals surface area contributed by atoms with Gasteiger partial charge in [0.25, 0.3) is 5.91 Å². The van der Waals surface area contributed by atoms with Crippen LogP contribution in [0.15, 0.2) is 30.3 Å². The summed E-state index contributed by atoms with van der Waals surface area (Å²) >= 11 is 0. The Bertz CT molecular complexity index is 852. The predicted octanol–water partition coefficient (Wildman–Crippen LogP) is 3.31. The van der Waals surface area contributed by atoms with Crippen molar-refractivity contribution in [1.82, 2.24) is 9.88 Å². The van der Waals surface area contributed by atoms with Crippen LogP contribution in [0.1, 0.15) is 53.1 Å². The zero-order chi connectivity index (χ0) is 19.6. The molecule has 2 aromatic rings. The fraction of sp³-hybridized carbons (Fsp3) is 0.429. The summed E-state index contributed by atoms with van der Waals surface area (Å²) in [6.07, 6.45) is 1.41. The quantitative estimate of drug-likeness (QED) is 0.759. The van der Waals surface area contributed by atoms with Gasteiger partial charge in [0.2, 0.25) is 0 Å². The molecule has 1 aromatic carbocycles. The van der Waals surface area contributed by atoms with Crippen LogP contribution >= 0.6 is 0 Å². The molecule has 6 nitrogen and oxygen atoms in total. The van der Waals surface area contributed by atoms with Gasteiger partial charge in [0.05, 0.1) is 12.7 Å². The first-order valence-corrected chi connectivity index (χ1v) is 9.21. The molecule has 1 saturated carbocycles. The summed E-state index contributed by atoms with van der Waals surface area (Å²) < 4.78 is 12.9. The second-order valence-electron chi connectivity index (χ2n) is 6.96. The number of hydrogen-bond acceptors (Lipinski definition) is 4. The van der Waals surface area contributed by atoms with Gasteiger partial charge in [-0.25, -0.2) is 4.79 Å². The van der Waals surface area contributed by atoms with Crippen molar-refractivity contribution in [3.8, 4) is 5.75 Å². The second-order valence-corrected chi connectivity index (χ2v) is 6.96. The van der Waals surface area contributed by atoms with Crippen molar-refractivity contribution in [1.29, 1.82) is 0 Å². The molecule has 1 atom stereocenters. The first kappa shape index (κ1) is 19.0. The summed E-state index contributed by atoms with van der Waals surface area (Å²) in [6, 6.07) is 9.79. The monoisotopic (exact) mass is 370 g/mol. The van der Waals surface area contributed by atoms with Gasteiger partial charge in [-0.1, -0.05) is 18.2 Å². The van der Waals surface area contributed by atoms with E-state index in [4.69, 9.17) is 9.47 Å². The average molecular weight is 370 g/mol. The summed E-state index contributed by atoms with van der Waals surface area (Å²) in [6.45, 7) is 5.80. The molecule has 1 aliphatic rings. The lowest BCUT2D eigenvalue weighted by Crippen LogP contribution is -2.35.